The molecule has 0 saturated carbocycles. The average Bonchev–Trinajstić information content (AvgIpc) is 3.39. The van der Waals surface area contributed by atoms with Gasteiger partial charge in [0.2, 0.25) is 11.8 Å². The minimum absolute atomic E-state index is 0.0430. The van der Waals surface area contributed by atoms with E-state index in [4.69, 9.17) is 4.42 Å². The van der Waals surface area contributed by atoms with Crippen LogP contribution in [-0.4, -0.2) is 47.2 Å². The maximum Gasteiger partial charge on any atom is 0.251 e. The molecule has 3 aromatic rings. The molecule has 1 aliphatic heterocycles. The van der Waals surface area contributed by atoms with Crippen LogP contribution in [0.5, 0.6) is 0 Å². The van der Waals surface area contributed by atoms with E-state index in [1.807, 2.05) is 37.3 Å². The summed E-state index contributed by atoms with van der Waals surface area (Å²) in [5.41, 5.74) is 2.05. The number of nitrogens with one attached hydrogen (secondary N) is 1. The van der Waals surface area contributed by atoms with E-state index in [0.29, 0.717) is 23.9 Å². The molecule has 2 aromatic carbocycles. The fraction of sp³-hybridized carbons (Fsp3) is 0.375. The van der Waals surface area contributed by atoms with Gasteiger partial charge in [-0.25, -0.2) is 0 Å². The highest BCUT2D eigenvalue weighted by Crippen LogP contribution is 2.31. The van der Waals surface area contributed by atoms with Crippen molar-refractivity contribution >= 4 is 5.91 Å². The number of benzene rings is 2. The molecule has 6 heteroatoms. The molecular formula is C24H28N4O2. The first-order valence-corrected chi connectivity index (χ1v) is 10.6. The molecule has 0 radical (unpaired) electrons. The topological polar surface area (TPSA) is 71.3 Å². The summed E-state index contributed by atoms with van der Waals surface area (Å²) in [5, 5.41) is 11.4. The van der Waals surface area contributed by atoms with Crippen LogP contribution in [0.1, 0.15) is 40.0 Å². The van der Waals surface area contributed by atoms with Crippen LogP contribution < -0.4 is 5.32 Å². The third-order valence-corrected chi connectivity index (χ3v) is 5.72. The summed E-state index contributed by atoms with van der Waals surface area (Å²) in [4.78, 5) is 14.9. The van der Waals surface area contributed by atoms with Crippen molar-refractivity contribution in [2.75, 3.05) is 26.2 Å². The summed E-state index contributed by atoms with van der Waals surface area (Å²) >= 11 is 0. The molecule has 1 N–H and O–H groups in total. The number of carbonyl (C=O) groups excluding carboxylic acids is 1. The van der Waals surface area contributed by atoms with Crippen LogP contribution in [0, 0.1) is 12.8 Å². The number of amides is 1. The fourth-order valence-electron chi connectivity index (χ4n) is 4.16. The second-order valence-corrected chi connectivity index (χ2v) is 7.95. The van der Waals surface area contributed by atoms with E-state index in [2.05, 4.69) is 50.7 Å². The van der Waals surface area contributed by atoms with E-state index in [0.717, 1.165) is 32.5 Å². The van der Waals surface area contributed by atoms with Gasteiger partial charge in [-0.1, -0.05) is 48.5 Å². The predicted octanol–water partition coefficient (Wildman–Crippen LogP) is 3.46. The van der Waals surface area contributed by atoms with E-state index in [-0.39, 0.29) is 17.7 Å². The highest BCUT2D eigenvalue weighted by molar-refractivity contribution is 5.94. The molecule has 1 saturated heterocycles. The van der Waals surface area contributed by atoms with Crippen LogP contribution >= 0.6 is 0 Å². The van der Waals surface area contributed by atoms with Crippen LogP contribution in [0.2, 0.25) is 0 Å². The van der Waals surface area contributed by atoms with E-state index in [9.17, 15) is 4.79 Å². The molecule has 2 heterocycles. The largest absolute Gasteiger partial charge is 0.425 e. The van der Waals surface area contributed by atoms with Gasteiger partial charge in [-0.15, -0.1) is 10.2 Å². The van der Waals surface area contributed by atoms with Crippen molar-refractivity contribution in [1.29, 1.82) is 0 Å². The van der Waals surface area contributed by atoms with Crippen molar-refractivity contribution in [3.63, 3.8) is 0 Å². The van der Waals surface area contributed by atoms with Gasteiger partial charge < -0.3 is 14.6 Å². The molecule has 1 fully saturated rings. The first-order chi connectivity index (χ1) is 14.7. The van der Waals surface area contributed by atoms with Crippen LogP contribution in [0.15, 0.2) is 65.1 Å². The predicted molar refractivity (Wildman–Crippen MR) is 115 cm³/mol. The minimum atomic E-state index is -0.0430. The standard InChI is InChI=1S/C24H28N4O2/c1-18-26-27-24(30-18)22-17-28(14-8-11-19-9-4-2-5-10-19)16-21(22)15-25-23(29)20-12-6-3-7-13-20/h2-7,9-10,12-13,21-22H,8,11,14-17H2,1H3,(H,25,29)/t21-,22-/m0/s1. The maximum atomic E-state index is 12.5. The second-order valence-electron chi connectivity index (χ2n) is 7.95. The van der Waals surface area contributed by atoms with Gasteiger partial charge in [-0.3, -0.25) is 4.79 Å². The third-order valence-electron chi connectivity index (χ3n) is 5.72. The molecule has 0 spiro atoms. The van der Waals surface area contributed by atoms with Crippen LogP contribution in [-0.2, 0) is 6.42 Å². The Morgan fingerprint density at radius 1 is 1.07 bits per heavy atom. The highest BCUT2D eigenvalue weighted by atomic mass is 16.4. The van der Waals surface area contributed by atoms with Crippen molar-refractivity contribution < 1.29 is 9.21 Å². The number of aryl methyl sites for hydroxylation is 2. The van der Waals surface area contributed by atoms with Gasteiger partial charge in [-0.05, 0) is 37.1 Å². The van der Waals surface area contributed by atoms with Gasteiger partial charge in [0.1, 0.15) is 0 Å². The minimum Gasteiger partial charge on any atom is -0.425 e. The quantitative estimate of drug-likeness (QED) is 0.623. The first kappa shape index (κ1) is 20.3. The first-order valence-electron chi connectivity index (χ1n) is 10.6. The lowest BCUT2D eigenvalue weighted by molar-refractivity contribution is 0.0945. The smallest absolute Gasteiger partial charge is 0.251 e. The normalized spacial score (nSPS) is 19.1. The van der Waals surface area contributed by atoms with Crippen LogP contribution in [0.4, 0.5) is 0 Å². The van der Waals surface area contributed by atoms with Gasteiger partial charge in [0, 0.05) is 38.0 Å². The molecule has 0 aliphatic carbocycles. The molecule has 1 aromatic heterocycles. The van der Waals surface area contributed by atoms with Gasteiger partial charge in [-0.2, -0.15) is 0 Å². The zero-order valence-electron chi connectivity index (χ0n) is 17.3. The van der Waals surface area contributed by atoms with E-state index < -0.39 is 0 Å². The summed E-state index contributed by atoms with van der Waals surface area (Å²) in [7, 11) is 0. The highest BCUT2D eigenvalue weighted by Gasteiger charge is 2.37. The number of carbonyl (C=O) groups is 1. The second kappa shape index (κ2) is 9.67. The monoisotopic (exact) mass is 404 g/mol. The summed E-state index contributed by atoms with van der Waals surface area (Å²) in [5.74, 6) is 1.60. The van der Waals surface area contributed by atoms with Crippen molar-refractivity contribution in [3.8, 4) is 0 Å². The zero-order chi connectivity index (χ0) is 20.8. The molecule has 4 rings (SSSR count). The maximum absolute atomic E-state index is 12.5. The molecule has 0 bridgehead atoms. The number of likely N-dealkylation sites (tertiary alicyclic amines) is 1. The Hall–Kier alpha value is -2.99. The molecular weight excluding hydrogens is 376 g/mol. The van der Waals surface area contributed by atoms with Crippen LogP contribution in [0.25, 0.3) is 0 Å². The molecule has 156 valence electrons. The van der Waals surface area contributed by atoms with Crippen molar-refractivity contribution in [2.24, 2.45) is 5.92 Å². The van der Waals surface area contributed by atoms with Gasteiger partial charge >= 0.3 is 0 Å². The lowest BCUT2D eigenvalue weighted by Crippen LogP contribution is -2.32. The van der Waals surface area contributed by atoms with Crippen molar-refractivity contribution in [3.05, 3.63) is 83.6 Å². The summed E-state index contributed by atoms with van der Waals surface area (Å²) < 4.78 is 5.75. The van der Waals surface area contributed by atoms with E-state index in [1.165, 1.54) is 5.56 Å². The van der Waals surface area contributed by atoms with E-state index in [1.54, 1.807) is 0 Å². The molecule has 2 atom stereocenters. The lowest BCUT2D eigenvalue weighted by Gasteiger charge is -2.16. The molecule has 1 amide bonds. The fourth-order valence-corrected chi connectivity index (χ4v) is 4.16. The molecule has 1 aliphatic rings. The molecule has 30 heavy (non-hydrogen) atoms. The van der Waals surface area contributed by atoms with Gasteiger partial charge in [0.05, 0.1) is 5.92 Å². The Labute approximate surface area is 177 Å². The number of rotatable bonds is 8. The Balaban J connectivity index is 1.36. The third kappa shape index (κ3) is 5.13. The van der Waals surface area contributed by atoms with Gasteiger partial charge in [0.15, 0.2) is 0 Å². The zero-order valence-corrected chi connectivity index (χ0v) is 17.3. The number of hydrogen-bond acceptors (Lipinski definition) is 5. The Morgan fingerprint density at radius 3 is 2.50 bits per heavy atom. The summed E-state index contributed by atoms with van der Waals surface area (Å²) in [6, 6.07) is 19.9. The number of hydrogen-bond donors (Lipinski definition) is 1. The SMILES string of the molecule is Cc1nnc([C@H]2CN(CCCc3ccccc3)C[C@@H]2CNC(=O)c2ccccc2)o1. The Morgan fingerprint density at radius 2 is 1.80 bits per heavy atom. The molecule has 0 unspecified atom stereocenters. The Kier molecular flexibility index (Phi) is 6.54. The van der Waals surface area contributed by atoms with Crippen molar-refractivity contribution in [2.45, 2.75) is 25.7 Å². The van der Waals surface area contributed by atoms with Crippen LogP contribution in [0.3, 0.4) is 0 Å². The Bertz CT molecular complexity index is 942. The lowest BCUT2D eigenvalue weighted by atomic mass is 9.96. The molecule has 6 nitrogen and oxygen atoms in total. The number of aromatic nitrogens is 2. The average molecular weight is 405 g/mol. The van der Waals surface area contributed by atoms with E-state index >= 15 is 0 Å². The number of nitrogens with zero attached hydrogens (tertiary/aromatic N) is 3. The van der Waals surface area contributed by atoms with Crippen molar-refractivity contribution in [1.82, 2.24) is 20.4 Å². The van der Waals surface area contributed by atoms with Gasteiger partial charge in [0.25, 0.3) is 5.91 Å². The summed E-state index contributed by atoms with van der Waals surface area (Å²) in [6.45, 7) is 5.21. The summed E-state index contributed by atoms with van der Waals surface area (Å²) in [6.07, 6.45) is 2.17.